The Morgan fingerprint density at radius 2 is 0.932 bits per heavy atom. The van der Waals surface area contributed by atoms with Gasteiger partial charge in [-0.1, -0.05) is 62.8 Å². The number of oxazole rings is 4. The molecular formula is C80H84BrCl6F4MgN8O13S5+. The summed E-state index contributed by atoms with van der Waals surface area (Å²) in [5.41, 5.74) is 5.84. The van der Waals surface area contributed by atoms with E-state index in [1.807, 2.05) is 74.4 Å². The zero-order valence-electron chi connectivity index (χ0n) is 65.3. The van der Waals surface area contributed by atoms with Crippen LogP contribution < -0.4 is 26.8 Å². The molecule has 4 aromatic heterocycles. The molecule has 0 aliphatic rings. The van der Waals surface area contributed by atoms with Gasteiger partial charge in [-0.2, -0.15) is 43.9 Å². The Labute approximate surface area is 760 Å². The van der Waals surface area contributed by atoms with Crippen molar-refractivity contribution in [2.75, 3.05) is 19.8 Å². The average molecular weight is 1920 g/mol. The summed E-state index contributed by atoms with van der Waals surface area (Å²) in [7, 11) is -3.95. The first-order valence-electron chi connectivity index (χ1n) is 33.6. The number of benzene rings is 7. The molecule has 3 N–H and O–H groups in total. The number of carbonyl (C=O) groups excluding carboxylic acids is 4. The normalized spacial score (nSPS) is 11.5. The second-order valence-corrected chi connectivity index (χ2v) is 34.1. The average Bonchev–Trinajstić information content (AvgIpc) is 1.61. The Kier molecular flexibility index (Phi) is 51.9. The van der Waals surface area contributed by atoms with E-state index in [9.17, 15) is 49.4 Å². The Hall–Kier alpha value is -7.53. The van der Waals surface area contributed by atoms with Gasteiger partial charge < -0.3 is 44.1 Å². The zero-order valence-corrected chi connectivity index (χ0v) is 77.3. The second kappa shape index (κ2) is 55.4. The van der Waals surface area contributed by atoms with E-state index < -0.39 is 83.0 Å². The van der Waals surface area contributed by atoms with Gasteiger partial charge in [-0.3, -0.25) is 14.7 Å². The van der Waals surface area contributed by atoms with Crippen LogP contribution in [0.3, 0.4) is 0 Å². The zero-order chi connectivity index (χ0) is 85.0. The van der Waals surface area contributed by atoms with E-state index in [1.54, 1.807) is 123 Å². The maximum absolute atomic E-state index is 13.7. The Morgan fingerprint density at radius 3 is 1.31 bits per heavy atom. The van der Waals surface area contributed by atoms with Crippen LogP contribution in [0.4, 0.5) is 17.6 Å². The van der Waals surface area contributed by atoms with E-state index in [4.69, 9.17) is 97.2 Å². The quantitative estimate of drug-likeness (QED) is 0.0163. The summed E-state index contributed by atoms with van der Waals surface area (Å²) < 4.78 is 123. The van der Waals surface area contributed by atoms with Crippen molar-refractivity contribution in [3.63, 3.8) is 0 Å². The molecule has 38 heteroatoms. The minimum Gasteiger partial charge on any atom is -1.00 e. The minimum atomic E-state index is -1.44. The maximum Gasteiger partial charge on any atom is 2.00 e. The van der Waals surface area contributed by atoms with Crippen molar-refractivity contribution in [1.82, 2.24) is 24.7 Å². The van der Waals surface area contributed by atoms with Crippen LogP contribution in [0.15, 0.2) is 205 Å². The van der Waals surface area contributed by atoms with Gasteiger partial charge in [0, 0.05) is 59.0 Å². The summed E-state index contributed by atoms with van der Waals surface area (Å²) in [6.07, 6.45) is 7.40. The third-order valence-corrected chi connectivity index (χ3v) is 19.4. The molecule has 4 atom stereocenters. The molecular weight excluding hydrogens is 1830 g/mol. The molecule has 0 aliphatic carbocycles. The smallest absolute Gasteiger partial charge is 1.00 e. The Balaban J connectivity index is 0.00000138. The number of rotatable bonds is 17. The number of halogens is 11. The number of nitrogens with two attached hydrogens (primary N) is 1. The monoisotopic (exact) mass is 1910 g/mol. The molecule has 11 aromatic rings. The van der Waals surface area contributed by atoms with Crippen molar-refractivity contribution in [2.45, 2.75) is 103 Å². The molecule has 630 valence electrons. The largest absolute Gasteiger partial charge is 2.00 e. The van der Waals surface area contributed by atoms with Gasteiger partial charge in [0.25, 0.3) is 11.8 Å². The predicted octanol–water partition coefficient (Wildman–Crippen LogP) is 18.1. The number of nitrogens with zero attached hydrogens (tertiary/aromatic N) is 6. The molecule has 7 aromatic carbocycles. The van der Waals surface area contributed by atoms with Crippen molar-refractivity contribution in [3.8, 4) is 51.9 Å². The fourth-order valence-corrected chi connectivity index (χ4v) is 10.3. The van der Waals surface area contributed by atoms with Crippen LogP contribution in [0, 0.1) is 36.8 Å². The number of aldehydes is 1. The van der Waals surface area contributed by atoms with Gasteiger partial charge in [0.2, 0.25) is 0 Å². The third kappa shape index (κ3) is 40.2. The molecule has 0 bridgehead atoms. The number of hydrogen-bond donors (Lipinski definition) is 2. The van der Waals surface area contributed by atoms with E-state index >= 15 is 0 Å². The van der Waals surface area contributed by atoms with Gasteiger partial charge in [0.15, 0.2) is 60.6 Å². The Bertz CT molecular complexity index is 4990. The van der Waals surface area contributed by atoms with E-state index in [0.29, 0.717) is 101 Å². The summed E-state index contributed by atoms with van der Waals surface area (Å²) in [6, 6.07) is 40.5. The van der Waals surface area contributed by atoms with E-state index in [2.05, 4.69) is 52.1 Å². The van der Waals surface area contributed by atoms with Crippen LogP contribution in [0.5, 0.6) is 0 Å². The SMILES string of the molecule is C#[N+]CC(=O)OCC.CC(C)(C)[S@@](N)=O.CC(C)(C)[S@](=O)N=Cc1ncoc1-c1ccc(Cl)cc1.CC(C)(C)[S@](=O)NC(Cc1cc(F)cc(F)c1)c1ncoc1-c1ccc(Cl)cc1.CCOC(=O)c1ncoc1-c1ccc(Cl)cc1.O=C(Cl)c1ccc(Cl)cc1.O=Cc1ncoc1-c1ccc(Cl)cc1.S.S.[Br-].[CH2-]c1cc(F)cc(F)c1.[Mg+2]. The first-order valence-corrected chi connectivity index (χ1v) is 39.3. The summed E-state index contributed by atoms with van der Waals surface area (Å²) >= 11 is 34.1. The van der Waals surface area contributed by atoms with Gasteiger partial charge >= 0.3 is 41.5 Å². The molecule has 11 rings (SSSR count). The number of esters is 2. The summed E-state index contributed by atoms with van der Waals surface area (Å²) in [4.78, 5) is 62.0. The molecule has 1 unspecified atom stereocenters. The molecule has 0 spiro atoms. The number of aromatic nitrogens is 4. The molecule has 0 amide bonds. The van der Waals surface area contributed by atoms with Gasteiger partial charge in [-0.25, -0.2) is 64.4 Å². The first-order chi connectivity index (χ1) is 53.7. The molecule has 21 nitrogen and oxygen atoms in total. The number of nitrogens with one attached hydrogen (secondary N) is 1. The van der Waals surface area contributed by atoms with Gasteiger partial charge in [0.1, 0.15) is 39.7 Å². The van der Waals surface area contributed by atoms with Crippen molar-refractivity contribution in [3.05, 3.63) is 283 Å². The molecule has 0 saturated carbocycles. The van der Waals surface area contributed by atoms with Crippen LogP contribution in [-0.4, -0.2) is 119 Å². The number of hydrogen-bond acceptors (Lipinski definition) is 17. The van der Waals surface area contributed by atoms with Crippen LogP contribution in [0.25, 0.3) is 50.1 Å². The van der Waals surface area contributed by atoms with Crippen molar-refractivity contribution >= 4 is 182 Å². The fraction of sp³-hybridized carbons (Fsp3) is 0.237. The summed E-state index contributed by atoms with van der Waals surface area (Å²) in [5, 5.41) is 7.66. The third-order valence-electron chi connectivity index (χ3n) is 13.8. The fourth-order valence-electron chi connectivity index (χ4n) is 8.23. The van der Waals surface area contributed by atoms with Gasteiger partial charge in [0.05, 0.1) is 73.3 Å². The topological polar surface area (TPSA) is 297 Å². The van der Waals surface area contributed by atoms with Gasteiger partial charge in [-0.15, -0.1) is 12.1 Å². The van der Waals surface area contributed by atoms with E-state index in [-0.39, 0.29) is 96.4 Å². The molecule has 4 heterocycles. The molecule has 0 radical (unpaired) electrons. The second-order valence-electron chi connectivity index (χ2n) is 25.8. The van der Waals surface area contributed by atoms with E-state index in [1.165, 1.54) is 56.1 Å². The van der Waals surface area contributed by atoms with Crippen LogP contribution >= 0.6 is 96.6 Å². The maximum atomic E-state index is 13.7. The Morgan fingerprint density at radius 1 is 0.568 bits per heavy atom. The molecule has 0 fully saturated rings. The predicted molar refractivity (Wildman–Crippen MR) is 469 cm³/mol. The van der Waals surface area contributed by atoms with Crippen molar-refractivity contribution < 1.29 is 93.5 Å². The van der Waals surface area contributed by atoms with Crippen molar-refractivity contribution in [1.29, 1.82) is 0 Å². The minimum absolute atomic E-state index is 0. The molecule has 0 aliphatic heterocycles. The van der Waals surface area contributed by atoms with E-state index in [0.717, 1.165) is 34.4 Å². The molecule has 0 saturated heterocycles. The van der Waals surface area contributed by atoms with Crippen molar-refractivity contribution in [2.24, 2.45) is 9.54 Å². The summed E-state index contributed by atoms with van der Waals surface area (Å²) in [5.74, 6) is -1.47. The van der Waals surface area contributed by atoms with Crippen LogP contribution in [0.2, 0.25) is 25.1 Å². The first kappa shape index (κ1) is 110. The number of ether oxygens (including phenoxy) is 2. The van der Waals surface area contributed by atoms with Crippen LogP contribution in [0.1, 0.15) is 136 Å². The standard InChI is InChI=1S/C21H21ClF2N2O2S.C14H15ClN2O2S.C12H10ClNO3.C10H6ClNO2.C7H4Cl2O.C7H5F2.C5H8NO2.C4H11NOS.BrH.Mg.2H2S/c1-21(2,3)29(27)26-18(10-13-8-16(23)11-17(24)9-13)19-20(28-12-25-19)14-4-6-15(22)7-5-14;1-14(2,3)20(18)17-8-12-13(19-9-16-12)10-4-6-11(15)7-5-10;1-2-16-12(15)10-11(17-7-14-10)8-3-5-9(13)6-4-8;11-8-3-1-7(2-4-8)10-9(5-13)12-6-14-10;8-6-3-1-5(2-4-6)7(9)10;1-5-2-6(8)4-7(9)3-5;1-3-8-5(7)4-6-2;1-4(2,3)7(5)6;;;;/h4-9,11-12,18,26H,10H2,1-3H3;4-9H,1-3H3;3-7H,2H2,1H3;1-6H;1-4H;2-4H,1H2;2H,3-4H2,1H3;5H2,1-3H3;1H;;2*1H2/q;;;;;-1;+1;;;+2;;/p-1/t18?,29-;20-;;;;;;7-;;;;/m00.....0..../s1. The summed E-state index contributed by atoms with van der Waals surface area (Å²) in [6.45, 7) is 28.7. The van der Waals surface area contributed by atoms with Crippen LogP contribution in [-0.2, 0) is 53.6 Å². The number of carbonyl (C=O) groups is 4. The molecule has 118 heavy (non-hydrogen) atoms. The van der Waals surface area contributed by atoms with Gasteiger partial charge in [-0.05, 0) is 239 Å².